The Kier molecular flexibility index (Phi) is 3.41. The molecule has 0 aliphatic carbocycles. The summed E-state index contributed by atoms with van der Waals surface area (Å²) in [5.41, 5.74) is -0.467. The summed E-state index contributed by atoms with van der Waals surface area (Å²) >= 11 is 5.60. The lowest BCUT2D eigenvalue weighted by atomic mass is 10.2. The van der Waals surface area contributed by atoms with E-state index in [0.29, 0.717) is 10.6 Å². The molecule has 0 unspecified atom stereocenters. The topological polar surface area (TPSA) is 80.4 Å². The molecule has 1 aromatic carbocycles. The van der Waals surface area contributed by atoms with Crippen LogP contribution in [0.4, 0.5) is 0 Å². The van der Waals surface area contributed by atoms with Crippen LogP contribution in [0.3, 0.4) is 0 Å². The van der Waals surface area contributed by atoms with Crippen LogP contribution in [-0.2, 0) is 4.79 Å². The number of carboxylic acid groups (broad SMARTS) is 1. The lowest BCUT2D eigenvalue weighted by molar-refractivity contribution is -0.419. The van der Waals surface area contributed by atoms with Gasteiger partial charge < -0.3 is 5.11 Å². The van der Waals surface area contributed by atoms with Gasteiger partial charge in [0.25, 0.3) is 0 Å². The van der Waals surface area contributed by atoms with Crippen LogP contribution in [0.25, 0.3) is 6.08 Å². The summed E-state index contributed by atoms with van der Waals surface area (Å²) in [6.45, 7) is 0. The van der Waals surface area contributed by atoms with Crippen LogP contribution < -0.4 is 0 Å². The summed E-state index contributed by atoms with van der Waals surface area (Å²) < 4.78 is 0. The molecule has 0 fully saturated rings. The van der Waals surface area contributed by atoms with E-state index in [1.807, 2.05) is 0 Å². The Balaban J connectivity index is 3.08. The maximum atomic E-state index is 10.5. The minimum atomic E-state index is -1.57. The highest BCUT2D eigenvalue weighted by Crippen LogP contribution is 2.12. The predicted octanol–water partition coefficient (Wildman–Crippen LogP) is 2.04. The van der Waals surface area contributed by atoms with E-state index in [1.54, 1.807) is 0 Å². The van der Waals surface area contributed by atoms with Crippen molar-refractivity contribution in [3.8, 4) is 0 Å². The molecule has 6 heteroatoms. The molecule has 78 valence electrons. The average molecular weight is 228 g/mol. The third-order valence-corrected chi connectivity index (χ3v) is 1.84. The zero-order chi connectivity index (χ0) is 11.4. The van der Waals surface area contributed by atoms with Gasteiger partial charge in [-0.15, -0.1) is 0 Å². The molecule has 0 bridgehead atoms. The molecule has 1 N–H and O–H groups in total. The van der Waals surface area contributed by atoms with Gasteiger partial charge in [0.15, 0.2) is 0 Å². The SMILES string of the molecule is O=C(O)/C(=C/c1ccc(Cl)cc1)[N+](=O)[O-]. The Hall–Kier alpha value is -1.88. The van der Waals surface area contributed by atoms with E-state index in [2.05, 4.69) is 0 Å². The van der Waals surface area contributed by atoms with Gasteiger partial charge in [-0.3, -0.25) is 10.1 Å². The van der Waals surface area contributed by atoms with Crippen molar-refractivity contribution in [1.82, 2.24) is 0 Å². The summed E-state index contributed by atoms with van der Waals surface area (Å²) in [6.07, 6.45) is 0.971. The zero-order valence-electron chi connectivity index (χ0n) is 7.38. The van der Waals surface area contributed by atoms with Gasteiger partial charge in [0.2, 0.25) is 0 Å². The van der Waals surface area contributed by atoms with Crippen LogP contribution in [0.15, 0.2) is 30.0 Å². The Morgan fingerprint density at radius 1 is 1.40 bits per heavy atom. The van der Waals surface area contributed by atoms with E-state index in [0.717, 1.165) is 6.08 Å². The molecule has 0 atom stereocenters. The maximum absolute atomic E-state index is 10.5. The normalized spacial score (nSPS) is 11.1. The summed E-state index contributed by atoms with van der Waals surface area (Å²) in [5.74, 6) is -1.57. The Morgan fingerprint density at radius 2 is 1.93 bits per heavy atom. The molecule has 0 amide bonds. The Labute approximate surface area is 89.7 Å². The number of hydrogen-bond donors (Lipinski definition) is 1. The Morgan fingerprint density at radius 3 is 2.33 bits per heavy atom. The number of aliphatic carboxylic acids is 1. The monoisotopic (exact) mass is 227 g/mol. The van der Waals surface area contributed by atoms with Crippen molar-refractivity contribution in [1.29, 1.82) is 0 Å². The molecule has 0 spiro atoms. The number of carbonyl (C=O) groups is 1. The number of rotatable bonds is 3. The first-order valence-electron chi connectivity index (χ1n) is 3.85. The van der Waals surface area contributed by atoms with Crippen LogP contribution in [0, 0.1) is 10.1 Å². The molecule has 0 aliphatic heterocycles. The predicted molar refractivity (Wildman–Crippen MR) is 54.1 cm³/mol. The third-order valence-electron chi connectivity index (χ3n) is 1.59. The molecule has 15 heavy (non-hydrogen) atoms. The van der Waals surface area contributed by atoms with Gasteiger partial charge in [-0.2, -0.15) is 0 Å². The van der Waals surface area contributed by atoms with Crippen LogP contribution in [0.5, 0.6) is 0 Å². The van der Waals surface area contributed by atoms with Crippen molar-refractivity contribution in [2.24, 2.45) is 0 Å². The van der Waals surface area contributed by atoms with Gasteiger partial charge in [-0.1, -0.05) is 23.7 Å². The minimum absolute atomic E-state index is 0.411. The van der Waals surface area contributed by atoms with Crippen LogP contribution in [0.1, 0.15) is 5.56 Å². The van der Waals surface area contributed by atoms with Gasteiger partial charge in [0, 0.05) is 11.1 Å². The molecule has 0 heterocycles. The number of hydrogen-bond acceptors (Lipinski definition) is 3. The molecule has 5 nitrogen and oxygen atoms in total. The second-order valence-electron chi connectivity index (χ2n) is 2.64. The van der Waals surface area contributed by atoms with Gasteiger partial charge >= 0.3 is 11.7 Å². The third kappa shape index (κ3) is 3.07. The number of carboxylic acids is 1. The summed E-state index contributed by atoms with van der Waals surface area (Å²) in [6, 6.07) is 6.03. The van der Waals surface area contributed by atoms with Gasteiger partial charge in [0.05, 0.1) is 4.92 Å². The largest absolute Gasteiger partial charge is 0.473 e. The van der Waals surface area contributed by atoms with E-state index < -0.39 is 16.6 Å². The highest BCUT2D eigenvalue weighted by Gasteiger charge is 2.19. The van der Waals surface area contributed by atoms with Crippen LogP contribution in [-0.4, -0.2) is 16.0 Å². The van der Waals surface area contributed by atoms with Gasteiger partial charge in [-0.25, -0.2) is 4.79 Å². The first-order chi connectivity index (χ1) is 7.00. The second kappa shape index (κ2) is 4.56. The molecule has 1 aromatic rings. The van der Waals surface area contributed by atoms with Crippen molar-refractivity contribution in [3.05, 3.63) is 50.7 Å². The highest BCUT2D eigenvalue weighted by atomic mass is 35.5. The number of benzene rings is 1. The summed E-state index contributed by atoms with van der Waals surface area (Å²) in [7, 11) is 0. The smallest absolute Gasteiger partial charge is 0.407 e. The maximum Gasteiger partial charge on any atom is 0.407 e. The molecular weight excluding hydrogens is 222 g/mol. The summed E-state index contributed by atoms with van der Waals surface area (Å²) in [5, 5.41) is 19.3. The van der Waals surface area contributed by atoms with Crippen molar-refractivity contribution < 1.29 is 14.8 Å². The number of nitro groups is 1. The van der Waals surface area contributed by atoms with Crippen molar-refractivity contribution in [2.45, 2.75) is 0 Å². The fourth-order valence-corrected chi connectivity index (χ4v) is 1.04. The number of nitrogens with zero attached hydrogens (tertiary/aromatic N) is 1. The first kappa shape index (κ1) is 11.2. The van der Waals surface area contributed by atoms with Gasteiger partial charge in [-0.05, 0) is 17.7 Å². The van der Waals surface area contributed by atoms with Crippen molar-refractivity contribution in [2.75, 3.05) is 0 Å². The molecule has 0 aliphatic rings. The molecule has 0 aromatic heterocycles. The summed E-state index contributed by atoms with van der Waals surface area (Å²) in [4.78, 5) is 19.9. The molecule has 0 radical (unpaired) electrons. The quantitative estimate of drug-likeness (QED) is 0.487. The Bertz CT molecular complexity index is 408. The first-order valence-corrected chi connectivity index (χ1v) is 4.23. The van der Waals surface area contributed by atoms with E-state index in [-0.39, 0.29) is 0 Å². The van der Waals surface area contributed by atoms with Gasteiger partial charge in [0.1, 0.15) is 0 Å². The van der Waals surface area contributed by atoms with E-state index in [1.165, 1.54) is 24.3 Å². The number of halogens is 1. The standard InChI is InChI=1S/C9H6ClNO4/c10-7-3-1-6(2-4-7)5-8(9(12)13)11(14)15/h1-5H,(H,12,13)/b8-5-. The zero-order valence-corrected chi connectivity index (χ0v) is 8.14. The van der Waals surface area contributed by atoms with Crippen molar-refractivity contribution in [3.63, 3.8) is 0 Å². The van der Waals surface area contributed by atoms with Crippen molar-refractivity contribution >= 4 is 23.6 Å². The van der Waals surface area contributed by atoms with E-state index in [4.69, 9.17) is 16.7 Å². The van der Waals surface area contributed by atoms with E-state index in [9.17, 15) is 14.9 Å². The molecular formula is C9H6ClNO4. The second-order valence-corrected chi connectivity index (χ2v) is 3.08. The molecule has 0 saturated carbocycles. The van der Waals surface area contributed by atoms with Crippen LogP contribution >= 0.6 is 11.6 Å². The van der Waals surface area contributed by atoms with Crippen LogP contribution in [0.2, 0.25) is 5.02 Å². The highest BCUT2D eigenvalue weighted by molar-refractivity contribution is 6.30. The lowest BCUT2D eigenvalue weighted by Crippen LogP contribution is -2.09. The minimum Gasteiger partial charge on any atom is -0.473 e. The fraction of sp³-hybridized carbons (Fsp3) is 0. The lowest BCUT2D eigenvalue weighted by Gasteiger charge is -1.94. The molecule has 1 rings (SSSR count). The average Bonchev–Trinajstić information content (AvgIpc) is 2.15. The fourth-order valence-electron chi connectivity index (χ4n) is 0.909. The van der Waals surface area contributed by atoms with E-state index >= 15 is 0 Å². The molecule has 0 saturated heterocycles.